The highest BCUT2D eigenvalue weighted by Gasteiger charge is 2.15. The largest absolute Gasteiger partial charge is 0.352 e. The number of rotatable bonds is 3. The van der Waals surface area contributed by atoms with Crippen molar-refractivity contribution in [2.75, 3.05) is 19.6 Å². The number of hydrogen-bond acceptors (Lipinski definition) is 2. The first-order valence-corrected chi connectivity index (χ1v) is 7.50. The first-order valence-electron chi connectivity index (χ1n) is 6.42. The molecular weight excluding hydrogens is 339 g/mol. The highest BCUT2D eigenvalue weighted by atomic mass is 127. The summed E-state index contributed by atoms with van der Waals surface area (Å²) in [5.41, 5.74) is 1.86. The van der Waals surface area contributed by atoms with E-state index in [0.717, 1.165) is 34.3 Å². The Morgan fingerprint density at radius 2 is 2.39 bits per heavy atom. The van der Waals surface area contributed by atoms with E-state index < -0.39 is 0 Å². The van der Waals surface area contributed by atoms with E-state index in [1.165, 1.54) is 12.8 Å². The van der Waals surface area contributed by atoms with Gasteiger partial charge in [0.05, 0.1) is 0 Å². The van der Waals surface area contributed by atoms with E-state index in [9.17, 15) is 4.79 Å². The van der Waals surface area contributed by atoms with E-state index >= 15 is 0 Å². The van der Waals surface area contributed by atoms with Crippen molar-refractivity contribution in [1.82, 2.24) is 10.6 Å². The Hall–Kier alpha value is -0.620. The molecule has 1 atom stereocenters. The highest BCUT2D eigenvalue weighted by molar-refractivity contribution is 14.1. The van der Waals surface area contributed by atoms with Gasteiger partial charge >= 0.3 is 0 Å². The summed E-state index contributed by atoms with van der Waals surface area (Å²) in [5.74, 6) is 0.627. The molecule has 1 amide bonds. The van der Waals surface area contributed by atoms with Gasteiger partial charge in [0.15, 0.2) is 0 Å². The van der Waals surface area contributed by atoms with Crippen molar-refractivity contribution >= 4 is 28.5 Å². The van der Waals surface area contributed by atoms with Gasteiger partial charge in [-0.1, -0.05) is 6.07 Å². The molecule has 2 N–H and O–H groups in total. The molecule has 0 aromatic heterocycles. The van der Waals surface area contributed by atoms with Crippen molar-refractivity contribution in [3.05, 3.63) is 32.9 Å². The van der Waals surface area contributed by atoms with Crippen molar-refractivity contribution in [2.45, 2.75) is 19.8 Å². The van der Waals surface area contributed by atoms with Crippen LogP contribution < -0.4 is 10.6 Å². The number of carbonyl (C=O) groups excluding carboxylic acids is 1. The maximum atomic E-state index is 12.1. The van der Waals surface area contributed by atoms with Gasteiger partial charge in [0.2, 0.25) is 0 Å². The molecule has 0 spiro atoms. The second kappa shape index (κ2) is 6.52. The van der Waals surface area contributed by atoms with Gasteiger partial charge in [-0.3, -0.25) is 4.79 Å². The first-order chi connectivity index (χ1) is 8.68. The van der Waals surface area contributed by atoms with Crippen LogP contribution in [0, 0.1) is 16.4 Å². The second-order valence-corrected chi connectivity index (χ2v) is 6.00. The van der Waals surface area contributed by atoms with Crippen molar-refractivity contribution in [3.63, 3.8) is 0 Å². The molecule has 1 aromatic rings. The fourth-order valence-corrected chi connectivity index (χ4v) is 2.78. The normalized spacial score (nSPS) is 19.6. The van der Waals surface area contributed by atoms with Crippen LogP contribution in [-0.4, -0.2) is 25.5 Å². The monoisotopic (exact) mass is 358 g/mol. The van der Waals surface area contributed by atoms with E-state index in [1.807, 2.05) is 25.1 Å². The van der Waals surface area contributed by atoms with Crippen molar-refractivity contribution < 1.29 is 4.79 Å². The van der Waals surface area contributed by atoms with Crippen molar-refractivity contribution in [2.24, 2.45) is 5.92 Å². The van der Waals surface area contributed by atoms with Crippen LogP contribution in [0.4, 0.5) is 0 Å². The SMILES string of the molecule is Cc1c(I)cccc1C(=O)NCC1CCCNC1. The topological polar surface area (TPSA) is 41.1 Å². The lowest BCUT2D eigenvalue weighted by atomic mass is 9.99. The number of piperidine rings is 1. The number of amides is 1. The summed E-state index contributed by atoms with van der Waals surface area (Å²) < 4.78 is 1.14. The van der Waals surface area contributed by atoms with Crippen LogP contribution >= 0.6 is 22.6 Å². The lowest BCUT2D eigenvalue weighted by molar-refractivity contribution is 0.0944. The molecule has 1 unspecified atom stereocenters. The molecule has 18 heavy (non-hydrogen) atoms. The van der Waals surface area contributed by atoms with E-state index in [0.29, 0.717) is 5.92 Å². The predicted octanol–water partition coefficient (Wildman–Crippen LogP) is 2.33. The Labute approximate surface area is 122 Å². The summed E-state index contributed by atoms with van der Waals surface area (Å²) >= 11 is 2.26. The summed E-state index contributed by atoms with van der Waals surface area (Å²) in [7, 11) is 0. The Kier molecular flexibility index (Phi) is 5.00. The van der Waals surface area contributed by atoms with E-state index in [-0.39, 0.29) is 5.91 Å². The van der Waals surface area contributed by atoms with Crippen LogP contribution in [0.3, 0.4) is 0 Å². The quantitative estimate of drug-likeness (QED) is 0.815. The molecule has 1 saturated heterocycles. The zero-order valence-electron chi connectivity index (χ0n) is 10.6. The average Bonchev–Trinajstić information content (AvgIpc) is 2.40. The average molecular weight is 358 g/mol. The minimum atomic E-state index is 0.0524. The number of halogens is 1. The summed E-state index contributed by atoms with van der Waals surface area (Å²) in [5, 5.41) is 6.42. The third-order valence-corrected chi connectivity index (χ3v) is 4.63. The minimum absolute atomic E-state index is 0.0524. The van der Waals surface area contributed by atoms with Crippen LogP contribution in [0.25, 0.3) is 0 Å². The zero-order valence-corrected chi connectivity index (χ0v) is 12.8. The summed E-state index contributed by atoms with van der Waals surface area (Å²) in [6.07, 6.45) is 2.42. The van der Waals surface area contributed by atoms with Gasteiger partial charge < -0.3 is 10.6 Å². The van der Waals surface area contributed by atoms with Gasteiger partial charge in [-0.15, -0.1) is 0 Å². The Balaban J connectivity index is 1.93. The third-order valence-electron chi connectivity index (χ3n) is 3.46. The molecule has 2 rings (SSSR count). The van der Waals surface area contributed by atoms with Crippen LogP contribution in [0.5, 0.6) is 0 Å². The van der Waals surface area contributed by atoms with E-state index in [1.54, 1.807) is 0 Å². The maximum absolute atomic E-state index is 12.1. The molecule has 3 nitrogen and oxygen atoms in total. The van der Waals surface area contributed by atoms with Crippen LogP contribution in [0.1, 0.15) is 28.8 Å². The second-order valence-electron chi connectivity index (χ2n) is 4.83. The lowest BCUT2D eigenvalue weighted by Crippen LogP contribution is -2.38. The molecule has 98 valence electrons. The molecule has 4 heteroatoms. The number of benzene rings is 1. The number of hydrogen-bond donors (Lipinski definition) is 2. The van der Waals surface area contributed by atoms with E-state index in [2.05, 4.69) is 33.2 Å². The van der Waals surface area contributed by atoms with Gasteiger partial charge in [-0.05, 0) is 79.1 Å². The van der Waals surface area contributed by atoms with Crippen molar-refractivity contribution in [3.8, 4) is 0 Å². The summed E-state index contributed by atoms with van der Waals surface area (Å²) in [6.45, 7) is 4.90. The third kappa shape index (κ3) is 3.45. The van der Waals surface area contributed by atoms with E-state index in [4.69, 9.17) is 0 Å². The smallest absolute Gasteiger partial charge is 0.251 e. The van der Waals surface area contributed by atoms with Crippen LogP contribution in [0.2, 0.25) is 0 Å². The van der Waals surface area contributed by atoms with Gasteiger partial charge in [0.1, 0.15) is 0 Å². The minimum Gasteiger partial charge on any atom is -0.352 e. The van der Waals surface area contributed by atoms with Crippen molar-refractivity contribution in [1.29, 1.82) is 0 Å². The molecule has 0 aliphatic carbocycles. The molecule has 1 aliphatic rings. The standard InChI is InChI=1S/C14H19IN2O/c1-10-12(5-2-6-13(10)15)14(18)17-9-11-4-3-7-16-8-11/h2,5-6,11,16H,3-4,7-9H2,1H3,(H,17,18). The molecule has 0 saturated carbocycles. The predicted molar refractivity (Wildman–Crippen MR) is 81.8 cm³/mol. The number of nitrogens with one attached hydrogen (secondary N) is 2. The van der Waals surface area contributed by atoms with Gasteiger partial charge in [0, 0.05) is 15.7 Å². The fourth-order valence-electron chi connectivity index (χ4n) is 2.28. The summed E-state index contributed by atoms with van der Waals surface area (Å²) in [4.78, 5) is 12.1. The molecule has 1 aliphatic heterocycles. The lowest BCUT2D eigenvalue weighted by Gasteiger charge is -2.23. The van der Waals surface area contributed by atoms with Gasteiger partial charge in [0.25, 0.3) is 5.91 Å². The molecule has 0 radical (unpaired) electrons. The Bertz CT molecular complexity index is 428. The van der Waals surface area contributed by atoms with Crippen LogP contribution in [-0.2, 0) is 0 Å². The highest BCUT2D eigenvalue weighted by Crippen LogP contribution is 2.16. The maximum Gasteiger partial charge on any atom is 0.251 e. The molecule has 1 aromatic carbocycles. The molecule has 0 bridgehead atoms. The first kappa shape index (κ1) is 13.8. The van der Waals surface area contributed by atoms with Gasteiger partial charge in [-0.2, -0.15) is 0 Å². The zero-order chi connectivity index (χ0) is 13.0. The number of carbonyl (C=O) groups is 1. The van der Waals surface area contributed by atoms with Crippen LogP contribution in [0.15, 0.2) is 18.2 Å². The molecule has 1 heterocycles. The fraction of sp³-hybridized carbons (Fsp3) is 0.500. The Morgan fingerprint density at radius 3 is 3.11 bits per heavy atom. The molecule has 1 fully saturated rings. The molecular formula is C14H19IN2O. The van der Waals surface area contributed by atoms with Gasteiger partial charge in [-0.25, -0.2) is 0 Å². The Morgan fingerprint density at radius 1 is 1.56 bits per heavy atom. The summed E-state index contributed by atoms with van der Waals surface area (Å²) in [6, 6.07) is 5.86.